The monoisotopic (exact) mass is 665 g/mol. The van der Waals surface area contributed by atoms with Gasteiger partial charge in [0.2, 0.25) is 0 Å². The van der Waals surface area contributed by atoms with E-state index in [1.807, 2.05) is 5.57 Å². The summed E-state index contributed by atoms with van der Waals surface area (Å²) in [5.74, 6) is 2.70. The third kappa shape index (κ3) is 4.84. The summed E-state index contributed by atoms with van der Waals surface area (Å²) in [7, 11) is 0. The summed E-state index contributed by atoms with van der Waals surface area (Å²) in [6.45, 7) is 4.95. The van der Waals surface area contributed by atoms with Gasteiger partial charge in [-0.25, -0.2) is 9.98 Å². The Hall–Kier alpha value is -4.76. The summed E-state index contributed by atoms with van der Waals surface area (Å²) in [6.07, 6.45) is 14.1. The number of fused-ring (bicyclic) bond motifs is 6. The lowest BCUT2D eigenvalue weighted by atomic mass is 9.63. The quantitative estimate of drug-likeness (QED) is 0.216. The lowest BCUT2D eigenvalue weighted by Gasteiger charge is -2.41. The van der Waals surface area contributed by atoms with E-state index in [4.69, 9.17) is 9.98 Å². The standard InChI is InChI=1S/C48H47N3/c1-47(2)39-24-11-10-22-36(39)37-29-42-38(30-41(37)47)43-35(23-15-25-40(43)48(42)26-12-5-13-27-48)33-20-14-21-34(28-33)46-50-44(31-16-6-3-7-17-31)49-45(51-46)32-18-8-4-9-19-32/h3-4,6-11,14,16-22,24,28-29,35,38,46H,5,12-13,15,23,25-27,30H2,1-2H3,(H,49,50,51). The van der Waals surface area contributed by atoms with Crippen LogP contribution in [0.5, 0.6) is 0 Å². The van der Waals surface area contributed by atoms with E-state index in [0.717, 1.165) is 22.8 Å². The topological polar surface area (TPSA) is 36.8 Å². The first kappa shape index (κ1) is 31.0. The minimum Gasteiger partial charge on any atom is -0.324 e. The molecule has 51 heavy (non-hydrogen) atoms. The average molecular weight is 666 g/mol. The average Bonchev–Trinajstić information content (AvgIpc) is 3.59. The van der Waals surface area contributed by atoms with E-state index < -0.39 is 0 Å². The van der Waals surface area contributed by atoms with Gasteiger partial charge in [0.1, 0.15) is 11.7 Å². The summed E-state index contributed by atoms with van der Waals surface area (Å²) in [4.78, 5) is 10.5. The third-order valence-corrected chi connectivity index (χ3v) is 13.4. The molecule has 1 spiro atoms. The Bertz CT molecular complexity index is 2130. The van der Waals surface area contributed by atoms with Crippen LogP contribution >= 0.6 is 0 Å². The van der Waals surface area contributed by atoms with Crippen molar-refractivity contribution in [3.05, 3.63) is 171 Å². The van der Waals surface area contributed by atoms with Gasteiger partial charge in [0.15, 0.2) is 6.17 Å². The molecular formula is C48H47N3. The highest BCUT2D eigenvalue weighted by Crippen LogP contribution is 2.68. The van der Waals surface area contributed by atoms with Crippen LogP contribution in [0.4, 0.5) is 0 Å². The van der Waals surface area contributed by atoms with Crippen LogP contribution in [-0.2, 0) is 5.41 Å². The molecule has 254 valence electrons. The third-order valence-electron chi connectivity index (χ3n) is 13.4. The predicted octanol–water partition coefficient (Wildman–Crippen LogP) is 11.4. The molecule has 6 aliphatic rings. The number of nitrogens with zero attached hydrogens (tertiary/aromatic N) is 2. The van der Waals surface area contributed by atoms with Crippen molar-refractivity contribution in [3.8, 4) is 0 Å². The summed E-state index contributed by atoms with van der Waals surface area (Å²) in [5.41, 5.74) is 16.7. The van der Waals surface area contributed by atoms with E-state index in [2.05, 4.69) is 134 Å². The molecule has 10 rings (SSSR count). The number of aliphatic imine (C=N–C) groups is 2. The van der Waals surface area contributed by atoms with E-state index in [0.29, 0.717) is 11.8 Å². The molecule has 1 fully saturated rings. The molecule has 3 heteroatoms. The Morgan fingerprint density at radius 3 is 2.04 bits per heavy atom. The van der Waals surface area contributed by atoms with Crippen LogP contribution in [0.2, 0.25) is 0 Å². The highest BCUT2D eigenvalue weighted by atomic mass is 15.2. The zero-order valence-electron chi connectivity index (χ0n) is 30.0. The molecule has 2 atom stereocenters. The molecule has 4 aromatic rings. The van der Waals surface area contributed by atoms with Crippen molar-refractivity contribution >= 4 is 17.2 Å². The predicted molar refractivity (Wildman–Crippen MR) is 210 cm³/mol. The van der Waals surface area contributed by atoms with Crippen LogP contribution in [0.3, 0.4) is 0 Å². The Labute approximate surface area is 303 Å². The maximum Gasteiger partial charge on any atom is 0.169 e. The molecule has 1 saturated carbocycles. The Kier molecular flexibility index (Phi) is 7.24. The van der Waals surface area contributed by atoms with Gasteiger partial charge >= 0.3 is 0 Å². The van der Waals surface area contributed by atoms with Crippen LogP contribution in [0.1, 0.15) is 117 Å². The molecule has 0 bridgehead atoms. The fraction of sp³-hybridized carbons (Fsp3) is 0.333. The van der Waals surface area contributed by atoms with Crippen LogP contribution in [-0.4, -0.2) is 11.7 Å². The number of rotatable bonds is 4. The molecule has 1 N–H and O–H groups in total. The van der Waals surface area contributed by atoms with Gasteiger partial charge in [-0.3, -0.25) is 0 Å². The molecule has 2 unspecified atom stereocenters. The first-order chi connectivity index (χ1) is 25.0. The first-order valence-electron chi connectivity index (χ1n) is 19.4. The number of hydrogen-bond donors (Lipinski definition) is 1. The molecule has 1 heterocycles. The number of hydrogen-bond acceptors (Lipinski definition) is 3. The van der Waals surface area contributed by atoms with Gasteiger partial charge in [0.05, 0.1) is 0 Å². The van der Waals surface area contributed by atoms with Crippen LogP contribution in [0, 0.1) is 11.3 Å². The maximum absolute atomic E-state index is 5.25. The summed E-state index contributed by atoms with van der Waals surface area (Å²) < 4.78 is 0. The van der Waals surface area contributed by atoms with E-state index in [9.17, 15) is 0 Å². The summed E-state index contributed by atoms with van der Waals surface area (Å²) in [6, 6.07) is 39.6. The molecule has 3 nitrogen and oxygen atoms in total. The molecule has 0 radical (unpaired) electrons. The first-order valence-corrected chi connectivity index (χ1v) is 19.4. The highest BCUT2D eigenvalue weighted by molar-refractivity contribution is 6.15. The van der Waals surface area contributed by atoms with E-state index in [-0.39, 0.29) is 17.0 Å². The Morgan fingerprint density at radius 2 is 1.31 bits per heavy atom. The van der Waals surface area contributed by atoms with Crippen molar-refractivity contribution in [1.29, 1.82) is 0 Å². The number of allylic oxidation sites excluding steroid dienone is 6. The SMILES string of the molecule is CC1(C)C2=C(C=C3C(C2)C2=C(CCCC2c2cccc(C4N=C(c5ccccc5)NC(c5ccccc5)=N4)c2)C32CCCCC2)c2ccccc21. The van der Waals surface area contributed by atoms with Crippen molar-refractivity contribution in [2.45, 2.75) is 89.1 Å². The number of nitrogens with one attached hydrogen (secondary N) is 1. The Morgan fingerprint density at radius 1 is 0.647 bits per heavy atom. The minimum atomic E-state index is -0.308. The molecule has 0 amide bonds. The second-order valence-electron chi connectivity index (χ2n) is 16.3. The lowest BCUT2D eigenvalue weighted by molar-refractivity contribution is 0.279. The minimum absolute atomic E-state index is 0.0685. The van der Waals surface area contributed by atoms with Crippen LogP contribution < -0.4 is 5.32 Å². The van der Waals surface area contributed by atoms with Gasteiger partial charge < -0.3 is 5.32 Å². The van der Waals surface area contributed by atoms with Gasteiger partial charge in [-0.1, -0.05) is 171 Å². The van der Waals surface area contributed by atoms with E-state index in [1.54, 1.807) is 22.3 Å². The lowest BCUT2D eigenvalue weighted by Crippen LogP contribution is -2.36. The zero-order valence-corrected chi connectivity index (χ0v) is 30.0. The van der Waals surface area contributed by atoms with E-state index in [1.165, 1.54) is 80.0 Å². The zero-order chi connectivity index (χ0) is 34.2. The van der Waals surface area contributed by atoms with Gasteiger partial charge in [-0.2, -0.15) is 0 Å². The molecule has 5 aliphatic carbocycles. The van der Waals surface area contributed by atoms with Gasteiger partial charge in [-0.05, 0) is 66.4 Å². The van der Waals surface area contributed by atoms with Crippen molar-refractivity contribution in [2.75, 3.05) is 0 Å². The smallest absolute Gasteiger partial charge is 0.169 e. The largest absolute Gasteiger partial charge is 0.324 e. The summed E-state index contributed by atoms with van der Waals surface area (Å²) in [5, 5.41) is 3.57. The Balaban J connectivity index is 1.07. The molecule has 0 aromatic heterocycles. The molecule has 1 aliphatic heterocycles. The van der Waals surface area contributed by atoms with Crippen LogP contribution in [0.25, 0.3) is 5.57 Å². The number of benzene rings is 4. The van der Waals surface area contributed by atoms with Gasteiger partial charge in [0, 0.05) is 33.8 Å². The molecule has 0 saturated heterocycles. The van der Waals surface area contributed by atoms with Crippen molar-refractivity contribution in [3.63, 3.8) is 0 Å². The highest BCUT2D eigenvalue weighted by Gasteiger charge is 2.55. The fourth-order valence-corrected chi connectivity index (χ4v) is 11.0. The van der Waals surface area contributed by atoms with Gasteiger partial charge in [-0.15, -0.1) is 0 Å². The fourth-order valence-electron chi connectivity index (χ4n) is 11.0. The van der Waals surface area contributed by atoms with Crippen molar-refractivity contribution < 1.29 is 0 Å². The van der Waals surface area contributed by atoms with Gasteiger partial charge in [0.25, 0.3) is 0 Å². The summed E-state index contributed by atoms with van der Waals surface area (Å²) >= 11 is 0. The van der Waals surface area contributed by atoms with Crippen molar-refractivity contribution in [1.82, 2.24) is 5.32 Å². The second-order valence-corrected chi connectivity index (χ2v) is 16.3. The van der Waals surface area contributed by atoms with E-state index >= 15 is 0 Å². The molecule has 4 aromatic carbocycles. The van der Waals surface area contributed by atoms with Crippen LogP contribution in [0.15, 0.2) is 148 Å². The normalized spacial score (nSPS) is 24.5. The maximum atomic E-state index is 5.25. The molecular weight excluding hydrogens is 619 g/mol. The number of amidine groups is 2. The van der Waals surface area contributed by atoms with Crippen molar-refractivity contribution in [2.24, 2.45) is 21.3 Å². The second kappa shape index (κ2) is 11.9.